The van der Waals surface area contributed by atoms with Crippen LogP contribution in [-0.4, -0.2) is 40.5 Å². The van der Waals surface area contributed by atoms with Crippen LogP contribution in [0.2, 0.25) is 0 Å². The van der Waals surface area contributed by atoms with Gasteiger partial charge in [0.1, 0.15) is 5.54 Å². The lowest BCUT2D eigenvalue weighted by molar-refractivity contribution is -0.143. The highest BCUT2D eigenvalue weighted by atomic mass is 16.4. The summed E-state index contributed by atoms with van der Waals surface area (Å²) >= 11 is 0. The Morgan fingerprint density at radius 2 is 2.07 bits per heavy atom. The molecule has 1 saturated carbocycles. The van der Waals surface area contributed by atoms with E-state index in [0.29, 0.717) is 13.0 Å². The molecule has 2 aliphatic rings. The van der Waals surface area contributed by atoms with Crippen molar-refractivity contribution < 1.29 is 14.7 Å². The summed E-state index contributed by atoms with van der Waals surface area (Å²) in [6, 6.07) is 0. The van der Waals surface area contributed by atoms with Crippen molar-refractivity contribution in [1.82, 2.24) is 4.90 Å². The highest BCUT2D eigenvalue weighted by molar-refractivity contribution is 5.85. The monoisotopic (exact) mass is 198 g/mol. The van der Waals surface area contributed by atoms with Gasteiger partial charge in [-0.3, -0.25) is 9.59 Å². The van der Waals surface area contributed by atoms with Gasteiger partial charge in [0.2, 0.25) is 5.91 Å². The summed E-state index contributed by atoms with van der Waals surface area (Å²) in [5.74, 6) is -0.784. The number of amides is 1. The smallest absolute Gasteiger partial charge is 0.325 e. The maximum Gasteiger partial charge on any atom is 0.325 e. The third kappa shape index (κ3) is 1.48. The predicted molar refractivity (Wildman–Crippen MR) is 48.5 cm³/mol. The van der Waals surface area contributed by atoms with Crippen molar-refractivity contribution in [3.8, 4) is 0 Å². The van der Waals surface area contributed by atoms with E-state index in [0.717, 1.165) is 12.8 Å². The van der Waals surface area contributed by atoms with Crippen molar-refractivity contribution in [2.75, 3.05) is 13.1 Å². The summed E-state index contributed by atoms with van der Waals surface area (Å²) in [4.78, 5) is 24.0. The van der Waals surface area contributed by atoms with Crippen LogP contribution in [0.15, 0.2) is 0 Å². The molecule has 2 rings (SSSR count). The van der Waals surface area contributed by atoms with Gasteiger partial charge >= 0.3 is 5.97 Å². The summed E-state index contributed by atoms with van der Waals surface area (Å²) in [6.07, 6.45) is 2.25. The Hall–Kier alpha value is -1.10. The number of carboxylic acids is 1. The molecule has 1 aliphatic heterocycles. The van der Waals surface area contributed by atoms with Gasteiger partial charge in [-0.2, -0.15) is 0 Å². The van der Waals surface area contributed by atoms with E-state index < -0.39 is 11.5 Å². The van der Waals surface area contributed by atoms with Crippen LogP contribution in [0.4, 0.5) is 0 Å². The van der Waals surface area contributed by atoms with Crippen molar-refractivity contribution in [2.45, 2.75) is 24.8 Å². The number of nitrogens with two attached hydrogens (primary N) is 1. The summed E-state index contributed by atoms with van der Waals surface area (Å²) in [6.45, 7) is 0.649. The van der Waals surface area contributed by atoms with E-state index >= 15 is 0 Å². The number of carbonyl (C=O) groups excluding carboxylic acids is 1. The molecule has 0 bridgehead atoms. The van der Waals surface area contributed by atoms with Gasteiger partial charge < -0.3 is 15.7 Å². The van der Waals surface area contributed by atoms with E-state index in [4.69, 9.17) is 10.8 Å². The molecule has 3 N–H and O–H groups in total. The number of nitrogens with zero attached hydrogens (tertiary/aromatic N) is 1. The van der Waals surface area contributed by atoms with Gasteiger partial charge in [0.05, 0.1) is 0 Å². The van der Waals surface area contributed by atoms with Crippen LogP contribution < -0.4 is 5.73 Å². The fourth-order valence-electron chi connectivity index (χ4n) is 1.78. The Bertz CT molecular complexity index is 288. The Morgan fingerprint density at radius 3 is 2.50 bits per heavy atom. The highest BCUT2D eigenvalue weighted by Crippen LogP contribution is 2.33. The molecule has 0 aromatic heterocycles. The summed E-state index contributed by atoms with van der Waals surface area (Å²) in [5, 5.41) is 8.86. The quantitative estimate of drug-likeness (QED) is 0.621. The normalized spacial score (nSPS) is 31.9. The minimum atomic E-state index is -1.22. The zero-order valence-electron chi connectivity index (χ0n) is 7.90. The molecule has 5 nitrogen and oxygen atoms in total. The van der Waals surface area contributed by atoms with Crippen molar-refractivity contribution >= 4 is 11.9 Å². The highest BCUT2D eigenvalue weighted by Gasteiger charge is 2.45. The number of rotatable bonds is 2. The lowest BCUT2D eigenvalue weighted by atomic mass is 10.0. The molecule has 1 aliphatic carbocycles. The van der Waals surface area contributed by atoms with E-state index in [-0.39, 0.29) is 18.4 Å². The van der Waals surface area contributed by atoms with Gasteiger partial charge in [-0.25, -0.2) is 0 Å². The number of hydrogen-bond donors (Lipinski definition) is 2. The zero-order valence-corrected chi connectivity index (χ0v) is 7.90. The van der Waals surface area contributed by atoms with Crippen LogP contribution in [0, 0.1) is 5.92 Å². The number of hydrogen-bond acceptors (Lipinski definition) is 3. The Labute approximate surface area is 81.9 Å². The molecule has 78 valence electrons. The number of likely N-dealkylation sites (tertiary alicyclic amines) is 1. The molecule has 0 aromatic rings. The fraction of sp³-hybridized carbons (Fsp3) is 0.778. The van der Waals surface area contributed by atoms with Crippen LogP contribution in [0.25, 0.3) is 0 Å². The average molecular weight is 198 g/mol. The van der Waals surface area contributed by atoms with Gasteiger partial charge in [-0.1, -0.05) is 0 Å². The molecule has 0 spiro atoms. The van der Waals surface area contributed by atoms with E-state index in [9.17, 15) is 9.59 Å². The first-order chi connectivity index (χ1) is 6.53. The van der Waals surface area contributed by atoms with Crippen molar-refractivity contribution in [2.24, 2.45) is 11.7 Å². The second kappa shape index (κ2) is 2.95. The molecule has 2 fully saturated rings. The van der Waals surface area contributed by atoms with Gasteiger partial charge in [0.15, 0.2) is 0 Å². The maximum absolute atomic E-state index is 11.6. The van der Waals surface area contributed by atoms with E-state index in [1.807, 2.05) is 0 Å². The molecule has 0 radical (unpaired) electrons. The Balaban J connectivity index is 2.00. The zero-order chi connectivity index (χ0) is 10.3. The van der Waals surface area contributed by atoms with Gasteiger partial charge in [0, 0.05) is 19.0 Å². The predicted octanol–water partition coefficient (Wildman–Crippen LogP) is -0.589. The summed E-state index contributed by atoms with van der Waals surface area (Å²) in [7, 11) is 0. The van der Waals surface area contributed by atoms with E-state index in [1.165, 1.54) is 0 Å². The maximum atomic E-state index is 11.6. The molecule has 5 heteroatoms. The molecule has 1 unspecified atom stereocenters. The average Bonchev–Trinajstić information content (AvgIpc) is 2.89. The van der Waals surface area contributed by atoms with E-state index in [1.54, 1.807) is 4.90 Å². The van der Waals surface area contributed by atoms with Crippen molar-refractivity contribution in [3.63, 3.8) is 0 Å². The summed E-state index contributed by atoms with van der Waals surface area (Å²) in [5.41, 5.74) is 4.44. The SMILES string of the molecule is NC1(C(=O)O)CCN(C(=O)C2CC2)C1. The van der Waals surface area contributed by atoms with Crippen LogP contribution in [0.3, 0.4) is 0 Å². The molecule has 0 aromatic carbocycles. The van der Waals surface area contributed by atoms with Crippen LogP contribution >= 0.6 is 0 Å². The first-order valence-corrected chi connectivity index (χ1v) is 4.84. The first kappa shape index (κ1) is 9.45. The number of carbonyl (C=O) groups is 2. The largest absolute Gasteiger partial charge is 0.480 e. The lowest BCUT2D eigenvalue weighted by Gasteiger charge is -2.19. The van der Waals surface area contributed by atoms with E-state index in [2.05, 4.69) is 0 Å². The third-order valence-electron chi connectivity index (χ3n) is 2.97. The number of aliphatic carboxylic acids is 1. The van der Waals surface area contributed by atoms with Gasteiger partial charge in [-0.05, 0) is 19.3 Å². The minimum Gasteiger partial charge on any atom is -0.480 e. The van der Waals surface area contributed by atoms with Gasteiger partial charge in [-0.15, -0.1) is 0 Å². The van der Waals surface area contributed by atoms with Crippen molar-refractivity contribution in [1.29, 1.82) is 0 Å². The molecular weight excluding hydrogens is 184 g/mol. The molecule has 1 heterocycles. The first-order valence-electron chi connectivity index (χ1n) is 4.84. The second-order valence-corrected chi connectivity index (χ2v) is 4.25. The fourth-order valence-corrected chi connectivity index (χ4v) is 1.78. The molecule has 1 amide bonds. The Kier molecular flexibility index (Phi) is 1.99. The van der Waals surface area contributed by atoms with Gasteiger partial charge in [0.25, 0.3) is 0 Å². The second-order valence-electron chi connectivity index (χ2n) is 4.25. The topological polar surface area (TPSA) is 83.6 Å². The van der Waals surface area contributed by atoms with Crippen LogP contribution in [0.5, 0.6) is 0 Å². The van der Waals surface area contributed by atoms with Crippen LogP contribution in [-0.2, 0) is 9.59 Å². The number of carboxylic acid groups (broad SMARTS) is 1. The molecular formula is C9H14N2O3. The molecule has 1 saturated heterocycles. The molecule has 14 heavy (non-hydrogen) atoms. The minimum absolute atomic E-state index is 0.0820. The van der Waals surface area contributed by atoms with Crippen LogP contribution in [0.1, 0.15) is 19.3 Å². The third-order valence-corrected chi connectivity index (χ3v) is 2.97. The summed E-state index contributed by atoms with van der Waals surface area (Å²) < 4.78 is 0. The standard InChI is InChI=1S/C9H14N2O3/c10-9(8(13)14)3-4-11(5-9)7(12)6-1-2-6/h6H,1-5,10H2,(H,13,14). The lowest BCUT2D eigenvalue weighted by Crippen LogP contribution is -2.50. The molecule has 1 atom stereocenters. The van der Waals surface area contributed by atoms with Crippen molar-refractivity contribution in [3.05, 3.63) is 0 Å². The Morgan fingerprint density at radius 1 is 1.43 bits per heavy atom.